The van der Waals surface area contributed by atoms with Crippen LogP contribution in [0.25, 0.3) is 0 Å². The molecule has 0 amide bonds. The maximum absolute atomic E-state index is 8.69. The Labute approximate surface area is 87.1 Å². The van der Waals surface area contributed by atoms with E-state index in [1.165, 1.54) is 6.42 Å². The molecule has 0 saturated carbocycles. The minimum atomic E-state index is 0.560. The summed E-state index contributed by atoms with van der Waals surface area (Å²) in [6.45, 7) is 7.22. The molecule has 1 aliphatic heterocycles. The second-order valence-corrected chi connectivity index (χ2v) is 4.58. The van der Waals surface area contributed by atoms with Gasteiger partial charge in [0.15, 0.2) is 0 Å². The van der Waals surface area contributed by atoms with Crippen LogP contribution in [0.4, 0.5) is 0 Å². The molecule has 0 spiro atoms. The van der Waals surface area contributed by atoms with Crippen molar-refractivity contribution in [2.45, 2.75) is 26.3 Å². The molecule has 1 heterocycles. The number of piperidine rings is 1. The molecule has 14 heavy (non-hydrogen) atoms. The first-order valence-corrected chi connectivity index (χ1v) is 5.44. The van der Waals surface area contributed by atoms with Crippen molar-refractivity contribution in [3.63, 3.8) is 0 Å². The smallest absolute Gasteiger partial charge is 0.0866 e. The molecule has 0 bridgehead atoms. The third-order valence-corrected chi connectivity index (χ3v) is 3.20. The van der Waals surface area contributed by atoms with Crippen molar-refractivity contribution in [1.29, 1.82) is 5.26 Å². The standard InChI is InChI=1S/C11H21N3/c1-9(2)10-6-11(13-3)8-14(7-10)5-4-12/h9-11,13H,5-8H2,1-3H3. The number of hydrogen-bond donors (Lipinski definition) is 1. The van der Waals surface area contributed by atoms with E-state index in [0.29, 0.717) is 18.5 Å². The molecular formula is C11H21N3. The van der Waals surface area contributed by atoms with Crippen molar-refractivity contribution in [3.8, 4) is 6.07 Å². The first-order chi connectivity index (χ1) is 6.67. The van der Waals surface area contributed by atoms with Gasteiger partial charge in [-0.25, -0.2) is 0 Å². The molecule has 0 aliphatic carbocycles. The van der Waals surface area contributed by atoms with E-state index in [4.69, 9.17) is 5.26 Å². The van der Waals surface area contributed by atoms with Crippen LogP contribution in [0.15, 0.2) is 0 Å². The van der Waals surface area contributed by atoms with Crippen molar-refractivity contribution >= 4 is 0 Å². The fraction of sp³-hybridized carbons (Fsp3) is 0.909. The fourth-order valence-electron chi connectivity index (χ4n) is 2.15. The van der Waals surface area contributed by atoms with Crippen LogP contribution < -0.4 is 5.32 Å². The van der Waals surface area contributed by atoms with Gasteiger partial charge in [0.25, 0.3) is 0 Å². The zero-order valence-corrected chi connectivity index (χ0v) is 9.45. The van der Waals surface area contributed by atoms with Crippen molar-refractivity contribution < 1.29 is 0 Å². The van der Waals surface area contributed by atoms with E-state index >= 15 is 0 Å². The van der Waals surface area contributed by atoms with E-state index in [9.17, 15) is 0 Å². The monoisotopic (exact) mass is 195 g/mol. The van der Waals surface area contributed by atoms with Gasteiger partial charge in [0.1, 0.15) is 0 Å². The summed E-state index contributed by atoms with van der Waals surface area (Å²) in [5.74, 6) is 1.45. The number of nitrogens with one attached hydrogen (secondary N) is 1. The summed E-state index contributed by atoms with van der Waals surface area (Å²) in [6.07, 6.45) is 1.25. The van der Waals surface area contributed by atoms with Crippen LogP contribution in [0.3, 0.4) is 0 Å². The molecule has 2 unspecified atom stereocenters. The van der Waals surface area contributed by atoms with Gasteiger partial charge in [0.2, 0.25) is 0 Å². The summed E-state index contributed by atoms with van der Waals surface area (Å²) in [6, 6.07) is 2.80. The van der Waals surface area contributed by atoms with Crippen molar-refractivity contribution in [2.24, 2.45) is 11.8 Å². The van der Waals surface area contributed by atoms with Gasteiger partial charge in [-0.15, -0.1) is 0 Å². The number of likely N-dealkylation sites (N-methyl/N-ethyl adjacent to an activating group) is 1. The van der Waals surface area contributed by atoms with Crippen LogP contribution >= 0.6 is 0 Å². The molecule has 0 aromatic heterocycles. The number of nitrogens with zero attached hydrogens (tertiary/aromatic N) is 2. The van der Waals surface area contributed by atoms with Gasteiger partial charge in [-0.05, 0) is 25.3 Å². The fourth-order valence-corrected chi connectivity index (χ4v) is 2.15. The highest BCUT2D eigenvalue weighted by atomic mass is 15.2. The zero-order valence-electron chi connectivity index (χ0n) is 9.45. The zero-order chi connectivity index (χ0) is 10.6. The van der Waals surface area contributed by atoms with E-state index in [-0.39, 0.29) is 0 Å². The molecule has 1 N–H and O–H groups in total. The topological polar surface area (TPSA) is 39.1 Å². The molecule has 80 valence electrons. The summed E-state index contributed by atoms with van der Waals surface area (Å²) in [7, 11) is 2.01. The van der Waals surface area contributed by atoms with Gasteiger partial charge < -0.3 is 5.32 Å². The van der Waals surface area contributed by atoms with Crippen LogP contribution in [-0.4, -0.2) is 37.6 Å². The highest BCUT2D eigenvalue weighted by Crippen LogP contribution is 2.23. The minimum Gasteiger partial charge on any atom is -0.316 e. The van der Waals surface area contributed by atoms with Gasteiger partial charge in [0.05, 0.1) is 12.6 Å². The molecule has 0 aromatic carbocycles. The Morgan fingerprint density at radius 3 is 2.71 bits per heavy atom. The molecule has 1 aliphatic rings. The molecule has 2 atom stereocenters. The van der Waals surface area contributed by atoms with E-state index in [1.54, 1.807) is 0 Å². The second-order valence-electron chi connectivity index (χ2n) is 4.58. The predicted molar refractivity (Wildman–Crippen MR) is 57.8 cm³/mol. The van der Waals surface area contributed by atoms with E-state index in [0.717, 1.165) is 19.0 Å². The lowest BCUT2D eigenvalue weighted by Crippen LogP contribution is -2.49. The summed E-state index contributed by atoms with van der Waals surface area (Å²) < 4.78 is 0. The lowest BCUT2D eigenvalue weighted by Gasteiger charge is -2.38. The van der Waals surface area contributed by atoms with E-state index in [1.807, 2.05) is 7.05 Å². The summed E-state index contributed by atoms with van der Waals surface area (Å²) in [4.78, 5) is 2.26. The molecular weight excluding hydrogens is 174 g/mol. The van der Waals surface area contributed by atoms with Gasteiger partial charge in [-0.2, -0.15) is 5.26 Å². The molecule has 1 saturated heterocycles. The van der Waals surface area contributed by atoms with Crippen LogP contribution in [0.1, 0.15) is 20.3 Å². The molecule has 3 nitrogen and oxygen atoms in total. The summed E-state index contributed by atoms with van der Waals surface area (Å²) >= 11 is 0. The van der Waals surface area contributed by atoms with Crippen LogP contribution in [0.2, 0.25) is 0 Å². The average Bonchev–Trinajstić information content (AvgIpc) is 2.17. The quantitative estimate of drug-likeness (QED) is 0.685. The third-order valence-electron chi connectivity index (χ3n) is 3.20. The van der Waals surface area contributed by atoms with E-state index in [2.05, 4.69) is 30.1 Å². The second kappa shape index (κ2) is 5.33. The largest absolute Gasteiger partial charge is 0.316 e. The molecule has 1 rings (SSSR count). The Hall–Kier alpha value is -0.590. The Kier molecular flexibility index (Phi) is 4.37. The summed E-state index contributed by atoms with van der Waals surface area (Å²) in [5, 5.41) is 12.0. The molecule has 0 aromatic rings. The van der Waals surface area contributed by atoms with Crippen LogP contribution in [0, 0.1) is 23.2 Å². The number of rotatable bonds is 3. The lowest BCUT2D eigenvalue weighted by molar-refractivity contribution is 0.131. The average molecular weight is 195 g/mol. The molecule has 3 heteroatoms. The molecule has 0 radical (unpaired) electrons. The Morgan fingerprint density at radius 1 is 1.50 bits per heavy atom. The van der Waals surface area contributed by atoms with Gasteiger partial charge >= 0.3 is 0 Å². The Balaban J connectivity index is 2.53. The van der Waals surface area contributed by atoms with Crippen molar-refractivity contribution in [2.75, 3.05) is 26.7 Å². The predicted octanol–water partition coefficient (Wildman–Crippen LogP) is 1.08. The summed E-state index contributed by atoms with van der Waals surface area (Å²) in [5.41, 5.74) is 0. The maximum Gasteiger partial charge on any atom is 0.0866 e. The van der Waals surface area contributed by atoms with Gasteiger partial charge in [0, 0.05) is 19.1 Å². The normalized spacial score (nSPS) is 29.1. The highest BCUT2D eigenvalue weighted by molar-refractivity contribution is 4.88. The third kappa shape index (κ3) is 2.97. The lowest BCUT2D eigenvalue weighted by atomic mass is 9.85. The first kappa shape index (κ1) is 11.5. The van der Waals surface area contributed by atoms with E-state index < -0.39 is 0 Å². The van der Waals surface area contributed by atoms with Crippen molar-refractivity contribution in [3.05, 3.63) is 0 Å². The highest BCUT2D eigenvalue weighted by Gasteiger charge is 2.27. The van der Waals surface area contributed by atoms with Crippen molar-refractivity contribution in [1.82, 2.24) is 10.2 Å². The first-order valence-electron chi connectivity index (χ1n) is 5.44. The number of nitriles is 1. The Bertz CT molecular complexity index is 207. The SMILES string of the molecule is CNC1CC(C(C)C)CN(CC#N)C1. The van der Waals surface area contributed by atoms with Crippen LogP contribution in [-0.2, 0) is 0 Å². The Morgan fingerprint density at radius 2 is 2.21 bits per heavy atom. The maximum atomic E-state index is 8.69. The minimum absolute atomic E-state index is 0.560. The number of hydrogen-bond acceptors (Lipinski definition) is 3. The number of likely N-dealkylation sites (tertiary alicyclic amines) is 1. The van der Waals surface area contributed by atoms with Gasteiger partial charge in [-0.1, -0.05) is 13.8 Å². The molecule has 1 fully saturated rings. The van der Waals surface area contributed by atoms with Crippen LogP contribution in [0.5, 0.6) is 0 Å². The van der Waals surface area contributed by atoms with Gasteiger partial charge in [-0.3, -0.25) is 4.90 Å².